The van der Waals surface area contributed by atoms with Crippen molar-refractivity contribution >= 4 is 52.0 Å². The number of benzene rings is 2. The van der Waals surface area contributed by atoms with Crippen molar-refractivity contribution in [1.82, 2.24) is 5.32 Å². The summed E-state index contributed by atoms with van der Waals surface area (Å²) in [6.07, 6.45) is 0. The lowest BCUT2D eigenvalue weighted by Crippen LogP contribution is -2.31. The maximum Gasteiger partial charge on any atom is 0.323 e. The highest BCUT2D eigenvalue weighted by atomic mass is 35.5. The highest BCUT2D eigenvalue weighted by molar-refractivity contribution is 7.80. The first-order chi connectivity index (χ1) is 11.9. The fraction of sp³-hybridized carbons (Fsp3) is 0.222. The minimum absolute atomic E-state index is 0.333. The molecular formula is C18H21ClN4OS. The van der Waals surface area contributed by atoms with Gasteiger partial charge in [-0.1, -0.05) is 31.5 Å². The van der Waals surface area contributed by atoms with E-state index in [2.05, 4.69) is 35.1 Å². The number of carbonyl (C=O) groups excluding carboxylic acids is 1. The van der Waals surface area contributed by atoms with E-state index in [1.165, 1.54) is 0 Å². The highest BCUT2D eigenvalue weighted by Crippen LogP contribution is 2.17. The first-order valence-electron chi connectivity index (χ1n) is 7.91. The third-order valence-electron chi connectivity index (χ3n) is 3.15. The van der Waals surface area contributed by atoms with Crippen molar-refractivity contribution in [2.24, 2.45) is 5.92 Å². The minimum Gasteiger partial charge on any atom is -0.362 e. The summed E-state index contributed by atoms with van der Waals surface area (Å²) in [6.45, 7) is 5.02. The average molecular weight is 377 g/mol. The fourth-order valence-corrected chi connectivity index (χ4v) is 2.30. The molecule has 0 aliphatic rings. The normalized spacial score (nSPS) is 10.2. The summed E-state index contributed by atoms with van der Waals surface area (Å²) in [6, 6.07) is 13.9. The van der Waals surface area contributed by atoms with Gasteiger partial charge in [-0.2, -0.15) is 0 Å². The van der Waals surface area contributed by atoms with Gasteiger partial charge in [0, 0.05) is 28.6 Å². The number of nitrogens with one attached hydrogen (secondary N) is 4. The van der Waals surface area contributed by atoms with Gasteiger partial charge in [0.2, 0.25) is 0 Å². The Bertz CT molecular complexity index is 734. The summed E-state index contributed by atoms with van der Waals surface area (Å²) in [5.74, 6) is 0.504. The smallest absolute Gasteiger partial charge is 0.323 e. The number of thiocarbonyl (C=S) groups is 1. The lowest BCUT2D eigenvalue weighted by atomic mass is 10.2. The Kier molecular flexibility index (Phi) is 7.03. The van der Waals surface area contributed by atoms with Gasteiger partial charge in [0.15, 0.2) is 5.11 Å². The van der Waals surface area contributed by atoms with Crippen molar-refractivity contribution in [3.63, 3.8) is 0 Å². The van der Waals surface area contributed by atoms with E-state index >= 15 is 0 Å². The molecule has 0 heterocycles. The van der Waals surface area contributed by atoms with Crippen molar-refractivity contribution in [2.45, 2.75) is 13.8 Å². The lowest BCUT2D eigenvalue weighted by molar-refractivity contribution is 0.262. The molecule has 0 saturated heterocycles. The second kappa shape index (κ2) is 9.25. The minimum atomic E-state index is -0.333. The number of rotatable bonds is 5. The summed E-state index contributed by atoms with van der Waals surface area (Å²) in [5.41, 5.74) is 2.11. The van der Waals surface area contributed by atoms with Gasteiger partial charge in [0.05, 0.1) is 0 Å². The third-order valence-corrected chi connectivity index (χ3v) is 3.65. The summed E-state index contributed by atoms with van der Waals surface area (Å²) in [4.78, 5) is 12.1. The number of halogens is 1. The van der Waals surface area contributed by atoms with Gasteiger partial charge < -0.3 is 21.3 Å². The Hall–Kier alpha value is -2.31. The highest BCUT2D eigenvalue weighted by Gasteiger charge is 2.04. The third kappa shape index (κ3) is 6.99. The van der Waals surface area contributed by atoms with Crippen LogP contribution in [-0.2, 0) is 0 Å². The molecule has 0 spiro atoms. The fourth-order valence-electron chi connectivity index (χ4n) is 1.97. The molecule has 0 atom stereocenters. The Morgan fingerprint density at radius 3 is 2.24 bits per heavy atom. The molecule has 7 heteroatoms. The van der Waals surface area contributed by atoms with Crippen LogP contribution in [0.4, 0.5) is 21.9 Å². The largest absolute Gasteiger partial charge is 0.362 e. The molecule has 2 aromatic rings. The summed E-state index contributed by atoms with van der Waals surface area (Å²) in [7, 11) is 0. The number of hydrogen-bond donors (Lipinski definition) is 4. The van der Waals surface area contributed by atoms with Crippen molar-refractivity contribution in [2.75, 3.05) is 22.5 Å². The van der Waals surface area contributed by atoms with E-state index in [9.17, 15) is 4.79 Å². The number of hydrogen-bond acceptors (Lipinski definition) is 2. The molecule has 0 unspecified atom stereocenters. The van der Waals surface area contributed by atoms with E-state index in [0.717, 1.165) is 12.2 Å². The van der Waals surface area contributed by atoms with Crippen molar-refractivity contribution in [3.05, 3.63) is 53.6 Å². The SMILES string of the molecule is CC(C)CNC(=S)Nc1cccc(NC(=O)Nc2ccc(Cl)cc2)c1. The van der Waals surface area contributed by atoms with E-state index in [4.69, 9.17) is 23.8 Å². The molecule has 5 nitrogen and oxygen atoms in total. The second-order valence-corrected chi connectivity index (χ2v) is 6.74. The molecule has 25 heavy (non-hydrogen) atoms. The summed E-state index contributed by atoms with van der Waals surface area (Å²) >= 11 is 11.1. The van der Waals surface area contributed by atoms with Crippen LogP contribution >= 0.6 is 23.8 Å². The molecule has 0 radical (unpaired) electrons. The zero-order chi connectivity index (χ0) is 18.2. The van der Waals surface area contributed by atoms with E-state index in [0.29, 0.717) is 27.4 Å². The molecule has 4 N–H and O–H groups in total. The van der Waals surface area contributed by atoms with Gasteiger partial charge in [0.1, 0.15) is 0 Å². The Balaban J connectivity index is 1.90. The van der Waals surface area contributed by atoms with Gasteiger partial charge in [-0.15, -0.1) is 0 Å². The Labute approximate surface area is 158 Å². The van der Waals surface area contributed by atoms with Crippen LogP contribution in [0.5, 0.6) is 0 Å². The van der Waals surface area contributed by atoms with Gasteiger partial charge >= 0.3 is 6.03 Å². The van der Waals surface area contributed by atoms with Crippen molar-refractivity contribution in [1.29, 1.82) is 0 Å². The second-order valence-electron chi connectivity index (χ2n) is 5.90. The average Bonchev–Trinajstić information content (AvgIpc) is 2.55. The maximum absolute atomic E-state index is 12.1. The number of urea groups is 1. The van der Waals surface area contributed by atoms with E-state index in [-0.39, 0.29) is 6.03 Å². The van der Waals surface area contributed by atoms with E-state index in [1.54, 1.807) is 30.3 Å². The van der Waals surface area contributed by atoms with Crippen LogP contribution in [0.25, 0.3) is 0 Å². The first-order valence-corrected chi connectivity index (χ1v) is 8.69. The molecule has 0 fully saturated rings. The van der Waals surface area contributed by atoms with Gasteiger partial charge in [-0.05, 0) is 60.6 Å². The first kappa shape index (κ1) is 19.0. The molecule has 0 aliphatic carbocycles. The van der Waals surface area contributed by atoms with Gasteiger partial charge in [-0.3, -0.25) is 0 Å². The molecule has 0 bridgehead atoms. The molecule has 2 aromatic carbocycles. The predicted octanol–water partition coefficient (Wildman–Crippen LogP) is 4.93. The summed E-state index contributed by atoms with van der Waals surface area (Å²) in [5, 5.41) is 12.9. The van der Waals surface area contributed by atoms with Crippen LogP contribution in [0, 0.1) is 5.92 Å². The molecule has 0 aromatic heterocycles. The van der Waals surface area contributed by atoms with Crippen LogP contribution in [0.15, 0.2) is 48.5 Å². The van der Waals surface area contributed by atoms with E-state index in [1.807, 2.05) is 18.2 Å². The van der Waals surface area contributed by atoms with Crippen LogP contribution in [0.2, 0.25) is 5.02 Å². The topological polar surface area (TPSA) is 65.2 Å². The maximum atomic E-state index is 12.1. The molecule has 0 saturated carbocycles. The number of carbonyl (C=O) groups is 1. The lowest BCUT2D eigenvalue weighted by Gasteiger charge is -2.13. The van der Waals surface area contributed by atoms with Crippen LogP contribution in [-0.4, -0.2) is 17.7 Å². The zero-order valence-corrected chi connectivity index (χ0v) is 15.7. The Morgan fingerprint density at radius 2 is 1.60 bits per heavy atom. The number of amides is 2. The van der Waals surface area contributed by atoms with Gasteiger partial charge in [-0.25, -0.2) is 4.79 Å². The van der Waals surface area contributed by atoms with Crippen molar-refractivity contribution < 1.29 is 4.79 Å². The molecule has 2 amide bonds. The quantitative estimate of drug-likeness (QED) is 0.559. The molecule has 0 aliphatic heterocycles. The van der Waals surface area contributed by atoms with Gasteiger partial charge in [0.25, 0.3) is 0 Å². The standard InChI is InChI=1S/C18H21ClN4OS/c1-12(2)11-20-18(25)23-16-5-3-4-15(10-16)22-17(24)21-14-8-6-13(19)7-9-14/h3-10,12H,11H2,1-2H3,(H2,20,23,25)(H2,21,22,24). The molecular weight excluding hydrogens is 356 g/mol. The van der Waals surface area contributed by atoms with Crippen molar-refractivity contribution in [3.8, 4) is 0 Å². The molecule has 132 valence electrons. The van der Waals surface area contributed by atoms with Crippen LogP contribution in [0.3, 0.4) is 0 Å². The van der Waals surface area contributed by atoms with E-state index < -0.39 is 0 Å². The number of anilines is 3. The monoisotopic (exact) mass is 376 g/mol. The Morgan fingerprint density at radius 1 is 1.00 bits per heavy atom. The zero-order valence-electron chi connectivity index (χ0n) is 14.1. The summed E-state index contributed by atoms with van der Waals surface area (Å²) < 4.78 is 0. The predicted molar refractivity (Wildman–Crippen MR) is 110 cm³/mol. The van der Waals surface area contributed by atoms with Crippen LogP contribution in [0.1, 0.15) is 13.8 Å². The molecule has 2 rings (SSSR count). The van der Waals surface area contributed by atoms with Crippen LogP contribution < -0.4 is 21.3 Å².